The lowest BCUT2D eigenvalue weighted by Crippen LogP contribution is -2.44. The summed E-state index contributed by atoms with van der Waals surface area (Å²) in [5.41, 5.74) is -0.162. The molecule has 1 aromatic rings. The zero-order chi connectivity index (χ0) is 15.8. The van der Waals surface area contributed by atoms with Crippen LogP contribution in [-0.2, 0) is 11.3 Å². The van der Waals surface area contributed by atoms with Gasteiger partial charge in [0.05, 0.1) is 19.3 Å². The second-order valence-electron chi connectivity index (χ2n) is 4.50. The van der Waals surface area contributed by atoms with Gasteiger partial charge in [0.25, 0.3) is 0 Å². The van der Waals surface area contributed by atoms with Gasteiger partial charge in [-0.2, -0.15) is 0 Å². The van der Waals surface area contributed by atoms with Gasteiger partial charge < -0.3 is 21.1 Å². The van der Waals surface area contributed by atoms with E-state index in [2.05, 4.69) is 26.3 Å². The first-order valence-corrected chi connectivity index (χ1v) is 6.33. The van der Waals surface area contributed by atoms with Gasteiger partial charge in [-0.15, -0.1) is 5.10 Å². The van der Waals surface area contributed by atoms with E-state index in [1.165, 1.54) is 10.9 Å². The monoisotopic (exact) mass is 298 g/mol. The first-order valence-electron chi connectivity index (χ1n) is 6.33. The van der Waals surface area contributed by atoms with Gasteiger partial charge >= 0.3 is 12.0 Å². The van der Waals surface area contributed by atoms with E-state index in [1.807, 2.05) is 13.8 Å². The van der Waals surface area contributed by atoms with Gasteiger partial charge in [0, 0.05) is 12.6 Å². The standard InChI is InChI=1S/C11H18N6O4/c1-7(2)14-9(18)5-13-11(21)12-3-4-17-6-8(10(19)20)15-16-17/h6-7H,3-5H2,1-2H3,(H,14,18)(H,19,20)(H2,12,13,21). The lowest BCUT2D eigenvalue weighted by molar-refractivity contribution is -0.120. The molecular weight excluding hydrogens is 280 g/mol. The summed E-state index contributed by atoms with van der Waals surface area (Å²) in [6.45, 7) is 4.02. The van der Waals surface area contributed by atoms with E-state index in [9.17, 15) is 14.4 Å². The lowest BCUT2D eigenvalue weighted by Gasteiger charge is -2.10. The Labute approximate surface area is 120 Å². The Morgan fingerprint density at radius 3 is 2.62 bits per heavy atom. The molecule has 3 amide bonds. The quantitative estimate of drug-likeness (QED) is 0.499. The highest BCUT2D eigenvalue weighted by Gasteiger charge is 2.08. The molecule has 1 rings (SSSR count). The lowest BCUT2D eigenvalue weighted by atomic mass is 10.4. The van der Waals surface area contributed by atoms with Crippen molar-refractivity contribution in [3.63, 3.8) is 0 Å². The molecule has 0 saturated heterocycles. The Bertz CT molecular complexity index is 513. The maximum absolute atomic E-state index is 11.4. The van der Waals surface area contributed by atoms with Crippen LogP contribution in [0.5, 0.6) is 0 Å². The summed E-state index contributed by atoms with van der Waals surface area (Å²) in [7, 11) is 0. The number of urea groups is 1. The van der Waals surface area contributed by atoms with Crippen LogP contribution in [0.3, 0.4) is 0 Å². The number of carbonyl (C=O) groups is 3. The van der Waals surface area contributed by atoms with Crippen molar-refractivity contribution in [1.82, 2.24) is 30.9 Å². The Kier molecular flexibility index (Phi) is 6.11. The minimum Gasteiger partial charge on any atom is -0.476 e. The van der Waals surface area contributed by atoms with Crippen molar-refractivity contribution >= 4 is 17.9 Å². The number of nitrogens with one attached hydrogen (secondary N) is 3. The van der Waals surface area contributed by atoms with Crippen LogP contribution in [0.25, 0.3) is 0 Å². The average molecular weight is 298 g/mol. The largest absolute Gasteiger partial charge is 0.476 e. The molecule has 21 heavy (non-hydrogen) atoms. The molecule has 0 saturated carbocycles. The Morgan fingerprint density at radius 1 is 1.33 bits per heavy atom. The minimum absolute atomic E-state index is 0.0121. The smallest absolute Gasteiger partial charge is 0.358 e. The Morgan fingerprint density at radius 2 is 2.05 bits per heavy atom. The van der Waals surface area contributed by atoms with Crippen molar-refractivity contribution in [1.29, 1.82) is 0 Å². The molecular formula is C11H18N6O4. The van der Waals surface area contributed by atoms with Crippen molar-refractivity contribution in [3.8, 4) is 0 Å². The van der Waals surface area contributed by atoms with E-state index < -0.39 is 12.0 Å². The van der Waals surface area contributed by atoms with Crippen LogP contribution in [-0.4, -0.2) is 57.1 Å². The fourth-order valence-corrected chi connectivity index (χ4v) is 1.39. The molecule has 10 nitrogen and oxygen atoms in total. The SMILES string of the molecule is CC(C)NC(=O)CNC(=O)NCCn1cc(C(=O)O)nn1. The van der Waals surface area contributed by atoms with Crippen LogP contribution in [0.4, 0.5) is 4.79 Å². The predicted octanol–water partition coefficient (Wildman–Crippen LogP) is -1.20. The van der Waals surface area contributed by atoms with Crippen molar-refractivity contribution < 1.29 is 19.5 Å². The first kappa shape index (κ1) is 16.4. The van der Waals surface area contributed by atoms with Crippen molar-refractivity contribution in [2.75, 3.05) is 13.1 Å². The van der Waals surface area contributed by atoms with E-state index in [1.54, 1.807) is 0 Å². The molecule has 0 aliphatic carbocycles. The molecule has 0 spiro atoms. The van der Waals surface area contributed by atoms with Crippen molar-refractivity contribution in [2.45, 2.75) is 26.4 Å². The second kappa shape index (κ2) is 7.82. The summed E-state index contributed by atoms with van der Waals surface area (Å²) in [6.07, 6.45) is 1.26. The van der Waals surface area contributed by atoms with Crippen LogP contribution in [0.15, 0.2) is 6.20 Å². The molecule has 0 radical (unpaired) electrons. The number of aromatic nitrogens is 3. The number of carboxylic acid groups (broad SMARTS) is 1. The normalized spacial score (nSPS) is 10.2. The molecule has 0 fully saturated rings. The van der Waals surface area contributed by atoms with Gasteiger partial charge in [-0.05, 0) is 13.8 Å². The van der Waals surface area contributed by atoms with Crippen LogP contribution < -0.4 is 16.0 Å². The molecule has 1 aromatic heterocycles. The number of hydrogen-bond acceptors (Lipinski definition) is 5. The molecule has 0 bridgehead atoms. The van der Waals surface area contributed by atoms with Crippen LogP contribution in [0.1, 0.15) is 24.3 Å². The molecule has 0 unspecified atom stereocenters. The summed E-state index contributed by atoms with van der Waals surface area (Å²) >= 11 is 0. The molecule has 1 heterocycles. The van der Waals surface area contributed by atoms with Gasteiger partial charge in [0.2, 0.25) is 5.91 Å². The van der Waals surface area contributed by atoms with Crippen molar-refractivity contribution in [3.05, 3.63) is 11.9 Å². The third-order valence-electron chi connectivity index (χ3n) is 2.24. The molecule has 4 N–H and O–H groups in total. The van der Waals surface area contributed by atoms with Gasteiger partial charge in [0.1, 0.15) is 0 Å². The fourth-order valence-electron chi connectivity index (χ4n) is 1.39. The summed E-state index contributed by atoms with van der Waals surface area (Å²) in [5, 5.41) is 23.2. The van der Waals surface area contributed by atoms with Gasteiger partial charge in [-0.1, -0.05) is 5.21 Å². The van der Waals surface area contributed by atoms with Gasteiger partial charge in [-0.25, -0.2) is 14.3 Å². The molecule has 0 aromatic carbocycles. The molecule has 0 aliphatic rings. The Balaban J connectivity index is 2.21. The van der Waals surface area contributed by atoms with Gasteiger partial charge in [-0.3, -0.25) is 4.79 Å². The summed E-state index contributed by atoms with van der Waals surface area (Å²) in [6, 6.07) is -0.481. The highest BCUT2D eigenvalue weighted by Crippen LogP contribution is 1.91. The predicted molar refractivity (Wildman–Crippen MR) is 71.7 cm³/mol. The zero-order valence-electron chi connectivity index (χ0n) is 11.8. The number of carboxylic acids is 1. The van der Waals surface area contributed by atoms with Gasteiger partial charge in [0.15, 0.2) is 5.69 Å². The van der Waals surface area contributed by atoms with E-state index >= 15 is 0 Å². The highest BCUT2D eigenvalue weighted by atomic mass is 16.4. The van der Waals surface area contributed by atoms with E-state index in [0.29, 0.717) is 0 Å². The Hall–Kier alpha value is -2.65. The third kappa shape index (κ3) is 6.36. The number of carbonyl (C=O) groups excluding carboxylic acids is 2. The number of aromatic carboxylic acids is 1. The first-order chi connectivity index (χ1) is 9.88. The minimum atomic E-state index is -1.16. The highest BCUT2D eigenvalue weighted by molar-refractivity contribution is 5.84. The van der Waals surface area contributed by atoms with E-state index in [4.69, 9.17) is 5.11 Å². The summed E-state index contributed by atoms with van der Waals surface area (Å²) in [4.78, 5) is 33.3. The zero-order valence-corrected chi connectivity index (χ0v) is 11.8. The molecule has 0 aliphatic heterocycles. The maximum atomic E-state index is 11.4. The maximum Gasteiger partial charge on any atom is 0.358 e. The van der Waals surface area contributed by atoms with E-state index in [0.717, 1.165) is 0 Å². The van der Waals surface area contributed by atoms with Crippen molar-refractivity contribution in [2.24, 2.45) is 0 Å². The third-order valence-corrected chi connectivity index (χ3v) is 2.24. The summed E-state index contributed by atoms with van der Waals surface area (Å²) < 4.78 is 1.30. The number of hydrogen-bond donors (Lipinski definition) is 4. The molecule has 0 atom stereocenters. The second-order valence-corrected chi connectivity index (χ2v) is 4.50. The number of amides is 3. The van der Waals surface area contributed by atoms with Crippen LogP contribution >= 0.6 is 0 Å². The summed E-state index contributed by atoms with van der Waals surface area (Å²) in [5.74, 6) is -1.44. The number of nitrogens with zero attached hydrogens (tertiary/aromatic N) is 3. The fraction of sp³-hybridized carbons (Fsp3) is 0.545. The van der Waals surface area contributed by atoms with E-state index in [-0.39, 0.29) is 37.3 Å². The number of rotatable bonds is 7. The van der Waals surface area contributed by atoms with Crippen LogP contribution in [0, 0.1) is 0 Å². The molecule has 116 valence electrons. The topological polar surface area (TPSA) is 138 Å². The molecule has 10 heteroatoms. The van der Waals surface area contributed by atoms with Crippen LogP contribution in [0.2, 0.25) is 0 Å². The average Bonchev–Trinajstić information content (AvgIpc) is 2.84.